The van der Waals surface area contributed by atoms with Gasteiger partial charge in [-0.2, -0.15) is 0 Å². The molecule has 0 heterocycles. The Bertz CT molecular complexity index is 524. The summed E-state index contributed by atoms with van der Waals surface area (Å²) >= 11 is 0. The molecule has 1 fully saturated rings. The molecule has 2 rings (SSSR count). The third-order valence-electron chi connectivity index (χ3n) is 3.70. The fourth-order valence-corrected chi connectivity index (χ4v) is 2.38. The van der Waals surface area contributed by atoms with Crippen LogP contribution in [0.1, 0.15) is 36.1 Å². The number of hydrogen-bond donors (Lipinski definition) is 2. The fraction of sp³-hybridized carbons (Fsp3) is 0.467. The van der Waals surface area contributed by atoms with E-state index in [2.05, 4.69) is 11.4 Å². The summed E-state index contributed by atoms with van der Waals surface area (Å²) in [6, 6.07) is 6.03. The first-order valence-electron chi connectivity index (χ1n) is 6.50. The first kappa shape index (κ1) is 13.6. The lowest BCUT2D eigenvalue weighted by Gasteiger charge is -2.17. The summed E-state index contributed by atoms with van der Waals surface area (Å²) in [5, 5.41) is 11.7. The van der Waals surface area contributed by atoms with Crippen LogP contribution in [0.5, 0.6) is 0 Å². The molecule has 1 aliphatic rings. The standard InChI is InChI=1S/C15H19NO3/c1-8-4-5-9(2)11(6-8)10(3)16-14(17)12-7-13(12)15(18)19/h4-6,10,12-13H,7H2,1-3H3,(H,16,17)(H,18,19)/t10?,12-,13+/m1/s1. The summed E-state index contributed by atoms with van der Waals surface area (Å²) in [7, 11) is 0. The molecule has 4 nitrogen and oxygen atoms in total. The Hall–Kier alpha value is -1.84. The van der Waals surface area contributed by atoms with Gasteiger partial charge in [-0.3, -0.25) is 9.59 Å². The maximum atomic E-state index is 11.9. The van der Waals surface area contributed by atoms with E-state index in [4.69, 9.17) is 5.11 Å². The van der Waals surface area contributed by atoms with Gasteiger partial charge in [-0.25, -0.2) is 0 Å². The van der Waals surface area contributed by atoms with Crippen LogP contribution < -0.4 is 5.32 Å². The summed E-state index contributed by atoms with van der Waals surface area (Å²) in [6.45, 7) is 5.95. The van der Waals surface area contributed by atoms with Crippen molar-refractivity contribution in [2.75, 3.05) is 0 Å². The van der Waals surface area contributed by atoms with Crippen LogP contribution in [0.3, 0.4) is 0 Å². The topological polar surface area (TPSA) is 66.4 Å². The minimum absolute atomic E-state index is 0.0950. The molecule has 1 amide bonds. The Morgan fingerprint density at radius 3 is 2.58 bits per heavy atom. The molecule has 102 valence electrons. The molecular formula is C15H19NO3. The zero-order chi connectivity index (χ0) is 14.2. The quantitative estimate of drug-likeness (QED) is 0.873. The zero-order valence-corrected chi connectivity index (χ0v) is 11.4. The second-order valence-corrected chi connectivity index (χ2v) is 5.38. The average molecular weight is 261 g/mol. The van der Waals surface area contributed by atoms with E-state index >= 15 is 0 Å². The first-order valence-corrected chi connectivity index (χ1v) is 6.50. The predicted molar refractivity (Wildman–Crippen MR) is 71.7 cm³/mol. The lowest BCUT2D eigenvalue weighted by molar-refractivity contribution is -0.140. The van der Waals surface area contributed by atoms with Crippen LogP contribution in [0.4, 0.5) is 0 Å². The van der Waals surface area contributed by atoms with Crippen molar-refractivity contribution in [3.63, 3.8) is 0 Å². The molecule has 0 aromatic heterocycles. The third-order valence-corrected chi connectivity index (χ3v) is 3.70. The van der Waals surface area contributed by atoms with Crippen LogP contribution in [0, 0.1) is 25.7 Å². The van der Waals surface area contributed by atoms with E-state index in [1.807, 2.05) is 32.9 Å². The molecule has 1 unspecified atom stereocenters. The number of hydrogen-bond acceptors (Lipinski definition) is 2. The number of benzene rings is 1. The molecular weight excluding hydrogens is 242 g/mol. The molecule has 0 radical (unpaired) electrons. The molecule has 2 N–H and O–H groups in total. The third kappa shape index (κ3) is 2.95. The van der Waals surface area contributed by atoms with Crippen LogP contribution in [0.15, 0.2) is 18.2 Å². The summed E-state index contributed by atoms with van der Waals surface area (Å²) in [5.74, 6) is -1.88. The number of carboxylic acids is 1. The molecule has 3 atom stereocenters. The van der Waals surface area contributed by atoms with Gasteiger partial charge in [0.1, 0.15) is 0 Å². The second-order valence-electron chi connectivity index (χ2n) is 5.38. The van der Waals surface area contributed by atoms with Crippen LogP contribution in [-0.4, -0.2) is 17.0 Å². The second kappa shape index (κ2) is 5.03. The van der Waals surface area contributed by atoms with Crippen molar-refractivity contribution in [1.29, 1.82) is 0 Å². The van der Waals surface area contributed by atoms with Gasteiger partial charge in [0.15, 0.2) is 0 Å². The van der Waals surface area contributed by atoms with Gasteiger partial charge in [-0.05, 0) is 38.3 Å². The molecule has 4 heteroatoms. The van der Waals surface area contributed by atoms with Gasteiger partial charge in [0.05, 0.1) is 17.9 Å². The van der Waals surface area contributed by atoms with Crippen LogP contribution >= 0.6 is 0 Å². The van der Waals surface area contributed by atoms with Crippen molar-refractivity contribution in [2.24, 2.45) is 11.8 Å². The Balaban J connectivity index is 2.01. The molecule has 0 bridgehead atoms. The van der Waals surface area contributed by atoms with Crippen molar-refractivity contribution >= 4 is 11.9 Å². The Kier molecular flexibility index (Phi) is 3.60. The van der Waals surface area contributed by atoms with Gasteiger partial charge in [0, 0.05) is 0 Å². The van der Waals surface area contributed by atoms with E-state index in [-0.39, 0.29) is 17.9 Å². The van der Waals surface area contributed by atoms with Gasteiger partial charge in [-0.15, -0.1) is 0 Å². The Morgan fingerprint density at radius 2 is 2.00 bits per heavy atom. The van der Waals surface area contributed by atoms with Gasteiger partial charge in [0.2, 0.25) is 5.91 Å². The lowest BCUT2D eigenvalue weighted by Crippen LogP contribution is -2.29. The first-order chi connectivity index (χ1) is 8.90. The highest BCUT2D eigenvalue weighted by molar-refractivity contribution is 5.89. The van der Waals surface area contributed by atoms with Crippen molar-refractivity contribution in [3.8, 4) is 0 Å². The number of nitrogens with one attached hydrogen (secondary N) is 1. The van der Waals surface area contributed by atoms with E-state index in [0.29, 0.717) is 6.42 Å². The maximum absolute atomic E-state index is 11.9. The number of carbonyl (C=O) groups is 2. The zero-order valence-electron chi connectivity index (χ0n) is 11.4. The van der Waals surface area contributed by atoms with E-state index in [9.17, 15) is 9.59 Å². The largest absolute Gasteiger partial charge is 0.481 e. The number of amides is 1. The van der Waals surface area contributed by atoms with Gasteiger partial charge < -0.3 is 10.4 Å². The summed E-state index contributed by atoms with van der Waals surface area (Å²) in [5.41, 5.74) is 3.36. The molecule has 1 aromatic rings. The normalized spacial score (nSPS) is 22.7. The summed E-state index contributed by atoms with van der Waals surface area (Å²) in [4.78, 5) is 22.7. The van der Waals surface area contributed by atoms with Crippen LogP contribution in [0.2, 0.25) is 0 Å². The van der Waals surface area contributed by atoms with Crippen molar-refractivity contribution in [2.45, 2.75) is 33.2 Å². The van der Waals surface area contributed by atoms with E-state index < -0.39 is 11.9 Å². The minimum atomic E-state index is -0.875. The highest BCUT2D eigenvalue weighted by Crippen LogP contribution is 2.39. The van der Waals surface area contributed by atoms with Crippen molar-refractivity contribution in [3.05, 3.63) is 34.9 Å². The number of carbonyl (C=O) groups excluding carboxylic acids is 1. The molecule has 0 saturated heterocycles. The number of aryl methyl sites for hydroxylation is 2. The van der Waals surface area contributed by atoms with E-state index in [1.54, 1.807) is 0 Å². The molecule has 0 aliphatic heterocycles. The summed E-state index contributed by atoms with van der Waals surface area (Å²) in [6.07, 6.45) is 0.459. The average Bonchev–Trinajstić information content (AvgIpc) is 3.12. The molecule has 1 aromatic carbocycles. The van der Waals surface area contributed by atoms with Crippen molar-refractivity contribution in [1.82, 2.24) is 5.32 Å². The van der Waals surface area contributed by atoms with E-state index in [0.717, 1.165) is 16.7 Å². The SMILES string of the molecule is Cc1ccc(C)c(C(C)NC(=O)[C@@H]2C[C@@H]2C(=O)O)c1. The molecule has 19 heavy (non-hydrogen) atoms. The Labute approximate surface area is 112 Å². The smallest absolute Gasteiger partial charge is 0.307 e. The highest BCUT2D eigenvalue weighted by atomic mass is 16.4. The predicted octanol–water partition coefficient (Wildman–Crippen LogP) is 2.20. The lowest BCUT2D eigenvalue weighted by atomic mass is 10.00. The summed E-state index contributed by atoms with van der Waals surface area (Å²) < 4.78 is 0. The number of aliphatic carboxylic acids is 1. The Morgan fingerprint density at radius 1 is 1.32 bits per heavy atom. The number of carboxylic acid groups (broad SMARTS) is 1. The van der Waals surface area contributed by atoms with Gasteiger partial charge in [-0.1, -0.05) is 23.8 Å². The minimum Gasteiger partial charge on any atom is -0.481 e. The van der Waals surface area contributed by atoms with Gasteiger partial charge >= 0.3 is 5.97 Å². The van der Waals surface area contributed by atoms with Crippen LogP contribution in [-0.2, 0) is 9.59 Å². The highest BCUT2D eigenvalue weighted by Gasteiger charge is 2.48. The maximum Gasteiger partial charge on any atom is 0.307 e. The van der Waals surface area contributed by atoms with E-state index in [1.165, 1.54) is 0 Å². The van der Waals surface area contributed by atoms with Gasteiger partial charge in [0.25, 0.3) is 0 Å². The van der Waals surface area contributed by atoms with Crippen LogP contribution in [0.25, 0.3) is 0 Å². The molecule has 1 aliphatic carbocycles. The fourth-order valence-electron chi connectivity index (χ4n) is 2.38. The monoisotopic (exact) mass is 261 g/mol. The molecule has 1 saturated carbocycles. The molecule has 0 spiro atoms. The number of rotatable bonds is 4. The van der Waals surface area contributed by atoms with Crippen molar-refractivity contribution < 1.29 is 14.7 Å².